The van der Waals surface area contributed by atoms with Crippen LogP contribution in [0, 0.1) is 10.1 Å². The fraction of sp³-hybridized carbons (Fsp3) is 0.125. The lowest BCUT2D eigenvalue weighted by Crippen LogP contribution is -2.12. The van der Waals surface area contributed by atoms with Gasteiger partial charge in [-0.05, 0) is 30.2 Å². The lowest BCUT2D eigenvalue weighted by molar-refractivity contribution is -0.384. The summed E-state index contributed by atoms with van der Waals surface area (Å²) in [6.45, 7) is 2.01. The SMILES string of the molecule is CCc1ccc(NS(=O)(=O)c2c[nH]c3ccc([N+](=O)[O-])cc23)cc1. The second kappa shape index (κ2) is 5.97. The first-order chi connectivity index (χ1) is 11.4. The molecular weight excluding hydrogens is 330 g/mol. The Hall–Kier alpha value is -2.87. The summed E-state index contributed by atoms with van der Waals surface area (Å²) in [7, 11) is -3.86. The summed E-state index contributed by atoms with van der Waals surface area (Å²) >= 11 is 0. The highest BCUT2D eigenvalue weighted by Crippen LogP contribution is 2.28. The molecule has 0 saturated heterocycles. The van der Waals surface area contributed by atoms with Crippen molar-refractivity contribution in [3.05, 3.63) is 64.3 Å². The normalized spacial score (nSPS) is 11.5. The molecule has 3 aromatic rings. The van der Waals surface area contributed by atoms with E-state index < -0.39 is 14.9 Å². The van der Waals surface area contributed by atoms with Gasteiger partial charge in [-0.15, -0.1) is 0 Å². The number of nitro groups is 1. The van der Waals surface area contributed by atoms with Gasteiger partial charge in [0.05, 0.1) is 4.92 Å². The van der Waals surface area contributed by atoms with Crippen molar-refractivity contribution in [3.8, 4) is 0 Å². The molecule has 0 amide bonds. The van der Waals surface area contributed by atoms with Crippen molar-refractivity contribution in [2.45, 2.75) is 18.2 Å². The Balaban J connectivity index is 2.00. The maximum atomic E-state index is 12.6. The third kappa shape index (κ3) is 2.95. The molecule has 0 atom stereocenters. The summed E-state index contributed by atoms with van der Waals surface area (Å²) in [5.74, 6) is 0. The molecule has 0 aliphatic carbocycles. The minimum absolute atomic E-state index is 0.0271. The van der Waals surface area contributed by atoms with E-state index in [4.69, 9.17) is 0 Å². The number of rotatable bonds is 5. The molecule has 7 nitrogen and oxygen atoms in total. The molecule has 1 aromatic heterocycles. The van der Waals surface area contributed by atoms with Crippen LogP contribution in [-0.2, 0) is 16.4 Å². The van der Waals surface area contributed by atoms with Gasteiger partial charge in [0, 0.05) is 34.9 Å². The maximum absolute atomic E-state index is 12.6. The van der Waals surface area contributed by atoms with Gasteiger partial charge in [0.15, 0.2) is 0 Å². The van der Waals surface area contributed by atoms with Crippen molar-refractivity contribution in [1.29, 1.82) is 0 Å². The zero-order valence-corrected chi connectivity index (χ0v) is 13.6. The van der Waals surface area contributed by atoms with Gasteiger partial charge in [0.1, 0.15) is 4.90 Å². The van der Waals surface area contributed by atoms with Crippen LogP contribution >= 0.6 is 0 Å². The van der Waals surface area contributed by atoms with E-state index in [0.717, 1.165) is 12.0 Å². The summed E-state index contributed by atoms with van der Waals surface area (Å²) in [6.07, 6.45) is 2.19. The lowest BCUT2D eigenvalue weighted by Gasteiger charge is -2.08. The molecule has 0 fully saturated rings. The molecule has 0 radical (unpaired) electrons. The molecule has 0 aliphatic heterocycles. The minimum atomic E-state index is -3.86. The van der Waals surface area contributed by atoms with E-state index >= 15 is 0 Å². The monoisotopic (exact) mass is 345 g/mol. The highest BCUT2D eigenvalue weighted by Gasteiger charge is 2.21. The molecule has 0 bridgehead atoms. The molecule has 24 heavy (non-hydrogen) atoms. The number of hydrogen-bond donors (Lipinski definition) is 2. The van der Waals surface area contributed by atoms with Crippen LogP contribution in [0.1, 0.15) is 12.5 Å². The topological polar surface area (TPSA) is 105 Å². The van der Waals surface area contributed by atoms with E-state index in [1.165, 1.54) is 24.4 Å². The number of nitrogens with one attached hydrogen (secondary N) is 2. The number of benzene rings is 2. The van der Waals surface area contributed by atoms with Gasteiger partial charge >= 0.3 is 0 Å². The Labute approximate surface area is 138 Å². The molecule has 0 unspecified atom stereocenters. The summed E-state index contributed by atoms with van der Waals surface area (Å²) < 4.78 is 27.7. The number of non-ortho nitro benzene ring substituents is 1. The van der Waals surface area contributed by atoms with E-state index in [9.17, 15) is 18.5 Å². The molecule has 2 aromatic carbocycles. The number of fused-ring (bicyclic) bond motifs is 1. The van der Waals surface area contributed by atoms with E-state index in [1.807, 2.05) is 19.1 Å². The Morgan fingerprint density at radius 1 is 1.17 bits per heavy atom. The third-order valence-corrected chi connectivity index (χ3v) is 5.16. The van der Waals surface area contributed by atoms with Crippen molar-refractivity contribution in [1.82, 2.24) is 4.98 Å². The van der Waals surface area contributed by atoms with Crippen molar-refractivity contribution in [2.75, 3.05) is 4.72 Å². The van der Waals surface area contributed by atoms with Gasteiger partial charge in [0.25, 0.3) is 15.7 Å². The van der Waals surface area contributed by atoms with Crippen molar-refractivity contribution in [3.63, 3.8) is 0 Å². The van der Waals surface area contributed by atoms with Crippen LogP contribution in [0.4, 0.5) is 11.4 Å². The van der Waals surface area contributed by atoms with Gasteiger partial charge in [0.2, 0.25) is 0 Å². The quantitative estimate of drug-likeness (QED) is 0.546. The van der Waals surface area contributed by atoms with Crippen LogP contribution in [0.3, 0.4) is 0 Å². The smallest absolute Gasteiger partial charge is 0.270 e. The van der Waals surface area contributed by atoms with Crippen LogP contribution in [0.15, 0.2) is 53.6 Å². The Morgan fingerprint density at radius 3 is 2.50 bits per heavy atom. The molecule has 124 valence electrons. The first-order valence-corrected chi connectivity index (χ1v) is 8.76. The van der Waals surface area contributed by atoms with E-state index in [2.05, 4.69) is 9.71 Å². The summed E-state index contributed by atoms with van der Waals surface area (Å²) in [4.78, 5) is 13.1. The van der Waals surface area contributed by atoms with Crippen LogP contribution < -0.4 is 4.72 Å². The van der Waals surface area contributed by atoms with Gasteiger partial charge in [-0.1, -0.05) is 19.1 Å². The van der Waals surface area contributed by atoms with Gasteiger partial charge in [-0.25, -0.2) is 8.42 Å². The predicted octanol–water partition coefficient (Wildman–Crippen LogP) is 3.44. The Kier molecular flexibility index (Phi) is 3.98. The molecular formula is C16H15N3O4S. The van der Waals surface area contributed by atoms with E-state index in [-0.39, 0.29) is 16.0 Å². The zero-order valence-electron chi connectivity index (χ0n) is 12.8. The van der Waals surface area contributed by atoms with Crippen LogP contribution in [0.25, 0.3) is 10.9 Å². The number of aromatic nitrogens is 1. The largest absolute Gasteiger partial charge is 0.360 e. The highest BCUT2D eigenvalue weighted by molar-refractivity contribution is 7.93. The second-order valence-corrected chi connectivity index (χ2v) is 6.95. The summed E-state index contributed by atoms with van der Waals surface area (Å²) in [5.41, 5.74) is 1.89. The van der Waals surface area contributed by atoms with Crippen LogP contribution in [0.5, 0.6) is 0 Å². The molecule has 0 aliphatic rings. The third-order valence-electron chi connectivity index (χ3n) is 3.74. The van der Waals surface area contributed by atoms with Crippen LogP contribution in [-0.4, -0.2) is 18.3 Å². The molecule has 0 saturated carbocycles. The van der Waals surface area contributed by atoms with Crippen molar-refractivity contribution < 1.29 is 13.3 Å². The number of sulfonamides is 1. The van der Waals surface area contributed by atoms with E-state index in [0.29, 0.717) is 11.2 Å². The average Bonchev–Trinajstić information content (AvgIpc) is 2.99. The first kappa shape index (κ1) is 16.0. The van der Waals surface area contributed by atoms with Gasteiger partial charge < -0.3 is 4.98 Å². The van der Waals surface area contributed by atoms with Crippen molar-refractivity contribution >= 4 is 32.3 Å². The lowest BCUT2D eigenvalue weighted by atomic mass is 10.2. The average molecular weight is 345 g/mol. The van der Waals surface area contributed by atoms with Gasteiger partial charge in [-0.3, -0.25) is 14.8 Å². The second-order valence-electron chi connectivity index (χ2n) is 5.30. The number of nitrogens with zero attached hydrogens (tertiary/aromatic N) is 1. The first-order valence-electron chi connectivity index (χ1n) is 7.28. The number of aromatic amines is 1. The number of anilines is 1. The molecule has 3 rings (SSSR count). The number of nitro benzene ring substituents is 1. The predicted molar refractivity (Wildman–Crippen MR) is 91.6 cm³/mol. The summed E-state index contributed by atoms with van der Waals surface area (Å²) in [5, 5.41) is 11.2. The van der Waals surface area contributed by atoms with Crippen LogP contribution in [0.2, 0.25) is 0 Å². The molecule has 2 N–H and O–H groups in total. The minimum Gasteiger partial charge on any atom is -0.360 e. The zero-order chi connectivity index (χ0) is 17.3. The van der Waals surface area contributed by atoms with E-state index in [1.54, 1.807) is 12.1 Å². The Bertz CT molecular complexity index is 1010. The fourth-order valence-electron chi connectivity index (χ4n) is 2.44. The number of hydrogen-bond acceptors (Lipinski definition) is 4. The number of H-pyrrole nitrogens is 1. The summed E-state index contributed by atoms with van der Waals surface area (Å²) in [6, 6.07) is 11.1. The molecule has 8 heteroatoms. The number of aryl methyl sites for hydroxylation is 1. The van der Waals surface area contributed by atoms with Crippen molar-refractivity contribution in [2.24, 2.45) is 0 Å². The van der Waals surface area contributed by atoms with Gasteiger partial charge in [-0.2, -0.15) is 0 Å². The Morgan fingerprint density at radius 2 is 1.88 bits per heavy atom. The molecule has 1 heterocycles. The highest BCUT2D eigenvalue weighted by atomic mass is 32.2. The molecule has 0 spiro atoms. The fourth-order valence-corrected chi connectivity index (χ4v) is 3.67. The standard InChI is InChI=1S/C16H15N3O4S/c1-2-11-3-5-12(6-4-11)18-24(22,23)16-10-17-15-8-7-13(19(20)21)9-14(15)16/h3-10,17-18H,2H2,1H3. The maximum Gasteiger partial charge on any atom is 0.270 e.